The van der Waals surface area contributed by atoms with Crippen molar-refractivity contribution >= 4 is 5.91 Å². The van der Waals surface area contributed by atoms with Crippen LogP contribution in [0.1, 0.15) is 38.1 Å². The highest BCUT2D eigenvalue weighted by Gasteiger charge is 2.25. The topological polar surface area (TPSA) is 83.6 Å². The minimum absolute atomic E-state index is 0.0739. The number of carbonyl (C=O) groups is 1. The van der Waals surface area contributed by atoms with Crippen molar-refractivity contribution < 1.29 is 4.79 Å². The van der Waals surface area contributed by atoms with Crippen molar-refractivity contribution in [3.8, 4) is 0 Å². The summed E-state index contributed by atoms with van der Waals surface area (Å²) in [6.45, 7) is 1.84. The average Bonchev–Trinajstić information content (AvgIpc) is 2.80. The molecule has 6 nitrogen and oxygen atoms in total. The number of nitrogens with one attached hydrogen (secondary N) is 2. The number of hydrogen-bond donors (Lipinski definition) is 2. The summed E-state index contributed by atoms with van der Waals surface area (Å²) in [6, 6.07) is -0.167. The molecule has 76 valence electrons. The molecule has 1 aliphatic rings. The van der Waals surface area contributed by atoms with Crippen molar-refractivity contribution in [1.29, 1.82) is 0 Å². The number of nitrogens with zero attached hydrogens (tertiary/aromatic N) is 3. The van der Waals surface area contributed by atoms with Gasteiger partial charge in [0.2, 0.25) is 5.91 Å². The number of carbonyl (C=O) groups excluding carboxylic acids is 1. The molecule has 1 unspecified atom stereocenters. The first-order chi connectivity index (χ1) is 6.75. The molecule has 2 N–H and O–H groups in total. The van der Waals surface area contributed by atoms with E-state index in [2.05, 4.69) is 25.9 Å². The van der Waals surface area contributed by atoms with Gasteiger partial charge in [0, 0.05) is 6.42 Å². The van der Waals surface area contributed by atoms with Gasteiger partial charge in [-0.05, 0) is 25.7 Å². The number of amides is 1. The summed E-state index contributed by atoms with van der Waals surface area (Å²) in [5, 5.41) is 16.2. The fraction of sp³-hybridized carbons (Fsp3) is 0.750. The third-order valence-electron chi connectivity index (χ3n) is 2.30. The molecule has 1 aromatic heterocycles. The summed E-state index contributed by atoms with van der Waals surface area (Å²) in [5.74, 6) is 1.20. The zero-order valence-electron chi connectivity index (χ0n) is 8.03. The second-order valence-electron chi connectivity index (χ2n) is 3.71. The smallest absolute Gasteiger partial charge is 0.220 e. The SMILES string of the molecule is CC(NC(=O)CC1CC1)c1nn[nH]n1. The van der Waals surface area contributed by atoms with Crippen LogP contribution in [-0.4, -0.2) is 26.5 Å². The Morgan fingerprint density at radius 1 is 1.71 bits per heavy atom. The molecule has 1 aliphatic carbocycles. The van der Waals surface area contributed by atoms with E-state index in [9.17, 15) is 4.79 Å². The van der Waals surface area contributed by atoms with E-state index in [-0.39, 0.29) is 11.9 Å². The molecule has 1 saturated carbocycles. The van der Waals surface area contributed by atoms with Crippen molar-refractivity contribution in [3.05, 3.63) is 5.82 Å². The lowest BCUT2D eigenvalue weighted by Gasteiger charge is -2.08. The zero-order chi connectivity index (χ0) is 9.97. The largest absolute Gasteiger partial charge is 0.346 e. The third-order valence-corrected chi connectivity index (χ3v) is 2.30. The van der Waals surface area contributed by atoms with Crippen LogP contribution in [0.15, 0.2) is 0 Å². The number of hydrogen-bond acceptors (Lipinski definition) is 4. The Morgan fingerprint density at radius 2 is 2.50 bits per heavy atom. The minimum atomic E-state index is -0.167. The summed E-state index contributed by atoms with van der Waals surface area (Å²) < 4.78 is 0. The Kier molecular flexibility index (Phi) is 2.43. The van der Waals surface area contributed by atoms with Crippen LogP contribution in [0.4, 0.5) is 0 Å². The minimum Gasteiger partial charge on any atom is -0.346 e. The molecule has 0 spiro atoms. The number of tetrazole rings is 1. The van der Waals surface area contributed by atoms with Crippen LogP contribution < -0.4 is 5.32 Å². The van der Waals surface area contributed by atoms with Gasteiger partial charge in [0.05, 0.1) is 6.04 Å². The Bertz CT molecular complexity index is 306. The van der Waals surface area contributed by atoms with E-state index < -0.39 is 0 Å². The number of aromatic amines is 1. The maximum absolute atomic E-state index is 11.4. The fourth-order valence-electron chi connectivity index (χ4n) is 1.30. The first-order valence-electron chi connectivity index (χ1n) is 4.78. The Morgan fingerprint density at radius 3 is 3.07 bits per heavy atom. The van der Waals surface area contributed by atoms with Crippen LogP contribution in [0.2, 0.25) is 0 Å². The Hall–Kier alpha value is -1.46. The summed E-state index contributed by atoms with van der Waals surface area (Å²) in [7, 11) is 0. The van der Waals surface area contributed by atoms with E-state index >= 15 is 0 Å². The lowest BCUT2D eigenvalue weighted by molar-refractivity contribution is -0.122. The first-order valence-corrected chi connectivity index (χ1v) is 4.78. The van der Waals surface area contributed by atoms with Crippen molar-refractivity contribution in [2.24, 2.45) is 5.92 Å². The molecule has 0 bridgehead atoms. The van der Waals surface area contributed by atoms with E-state index in [0.717, 1.165) is 0 Å². The molecule has 14 heavy (non-hydrogen) atoms. The molecule has 1 heterocycles. The number of rotatable bonds is 4. The van der Waals surface area contributed by atoms with E-state index in [1.165, 1.54) is 12.8 Å². The lowest BCUT2D eigenvalue weighted by atomic mass is 10.2. The van der Waals surface area contributed by atoms with Crippen LogP contribution in [0.3, 0.4) is 0 Å². The van der Waals surface area contributed by atoms with Crippen LogP contribution >= 0.6 is 0 Å². The number of H-pyrrole nitrogens is 1. The van der Waals surface area contributed by atoms with Gasteiger partial charge in [-0.2, -0.15) is 5.21 Å². The highest BCUT2D eigenvalue weighted by atomic mass is 16.1. The molecule has 0 aromatic carbocycles. The van der Waals surface area contributed by atoms with Gasteiger partial charge in [-0.3, -0.25) is 4.79 Å². The van der Waals surface area contributed by atoms with E-state index in [4.69, 9.17) is 0 Å². The quantitative estimate of drug-likeness (QED) is 0.717. The highest BCUT2D eigenvalue weighted by Crippen LogP contribution is 2.32. The van der Waals surface area contributed by atoms with Gasteiger partial charge in [0.15, 0.2) is 5.82 Å². The van der Waals surface area contributed by atoms with Gasteiger partial charge in [-0.15, -0.1) is 10.2 Å². The third kappa shape index (κ3) is 2.27. The molecule has 1 amide bonds. The van der Waals surface area contributed by atoms with Gasteiger partial charge in [0.25, 0.3) is 0 Å². The van der Waals surface area contributed by atoms with Gasteiger partial charge < -0.3 is 5.32 Å². The van der Waals surface area contributed by atoms with Crippen molar-refractivity contribution in [1.82, 2.24) is 25.9 Å². The van der Waals surface area contributed by atoms with Gasteiger partial charge in [-0.1, -0.05) is 5.21 Å². The van der Waals surface area contributed by atoms with Gasteiger partial charge >= 0.3 is 0 Å². The summed E-state index contributed by atoms with van der Waals surface area (Å²) >= 11 is 0. The lowest BCUT2D eigenvalue weighted by Crippen LogP contribution is -2.27. The summed E-state index contributed by atoms with van der Waals surface area (Å²) in [6.07, 6.45) is 3.00. The van der Waals surface area contributed by atoms with E-state index in [0.29, 0.717) is 18.2 Å². The van der Waals surface area contributed by atoms with Crippen LogP contribution in [0.5, 0.6) is 0 Å². The Balaban J connectivity index is 1.81. The predicted molar refractivity (Wildman–Crippen MR) is 48.1 cm³/mol. The summed E-state index contributed by atoms with van der Waals surface area (Å²) in [5.41, 5.74) is 0. The molecule has 1 atom stereocenters. The fourth-order valence-corrected chi connectivity index (χ4v) is 1.30. The first kappa shape index (κ1) is 9.11. The molecule has 1 fully saturated rings. The van der Waals surface area contributed by atoms with Crippen molar-refractivity contribution in [3.63, 3.8) is 0 Å². The second-order valence-corrected chi connectivity index (χ2v) is 3.71. The van der Waals surface area contributed by atoms with E-state index in [1.807, 2.05) is 6.92 Å². The van der Waals surface area contributed by atoms with Gasteiger partial charge in [0.1, 0.15) is 0 Å². The Labute approximate surface area is 81.5 Å². The van der Waals surface area contributed by atoms with Gasteiger partial charge in [-0.25, -0.2) is 0 Å². The zero-order valence-corrected chi connectivity index (χ0v) is 8.03. The van der Waals surface area contributed by atoms with Crippen molar-refractivity contribution in [2.45, 2.75) is 32.2 Å². The second kappa shape index (κ2) is 3.73. The number of aromatic nitrogens is 4. The molecule has 0 saturated heterocycles. The molecule has 6 heteroatoms. The molecule has 1 aromatic rings. The average molecular weight is 195 g/mol. The highest BCUT2D eigenvalue weighted by molar-refractivity contribution is 5.76. The maximum Gasteiger partial charge on any atom is 0.220 e. The van der Waals surface area contributed by atoms with E-state index in [1.54, 1.807) is 0 Å². The monoisotopic (exact) mass is 195 g/mol. The van der Waals surface area contributed by atoms with Crippen LogP contribution in [0.25, 0.3) is 0 Å². The van der Waals surface area contributed by atoms with Crippen LogP contribution in [-0.2, 0) is 4.79 Å². The normalized spacial score (nSPS) is 17.8. The molecule has 2 rings (SSSR count). The predicted octanol–water partition coefficient (Wildman–Crippen LogP) is 0.177. The molecule has 0 radical (unpaired) electrons. The summed E-state index contributed by atoms with van der Waals surface area (Å²) in [4.78, 5) is 11.4. The maximum atomic E-state index is 11.4. The van der Waals surface area contributed by atoms with Crippen molar-refractivity contribution in [2.75, 3.05) is 0 Å². The molecular formula is C8H13N5O. The standard InChI is InChI=1S/C8H13N5O/c1-5(8-10-12-13-11-8)9-7(14)4-6-2-3-6/h5-6H,2-4H2,1H3,(H,9,14)(H,10,11,12,13). The molecular weight excluding hydrogens is 182 g/mol. The van der Waals surface area contributed by atoms with Crippen LogP contribution in [0, 0.1) is 5.92 Å². The molecule has 0 aliphatic heterocycles.